The van der Waals surface area contributed by atoms with Crippen LogP contribution in [0.2, 0.25) is 0 Å². The van der Waals surface area contributed by atoms with E-state index in [9.17, 15) is 9.59 Å². The summed E-state index contributed by atoms with van der Waals surface area (Å²) in [6.45, 7) is 13.1. The molecule has 0 spiro atoms. The highest BCUT2D eigenvalue weighted by Crippen LogP contribution is 2.50. The van der Waals surface area contributed by atoms with Gasteiger partial charge >= 0.3 is 0 Å². The van der Waals surface area contributed by atoms with Crippen molar-refractivity contribution in [2.75, 3.05) is 32.8 Å². The van der Waals surface area contributed by atoms with E-state index in [0.717, 1.165) is 42.0 Å². The van der Waals surface area contributed by atoms with Crippen LogP contribution in [0.5, 0.6) is 5.75 Å². The fourth-order valence-electron chi connectivity index (χ4n) is 9.14. The first kappa shape index (κ1) is 28.8. The minimum absolute atomic E-state index is 0.121. The maximum atomic E-state index is 12.9. The van der Waals surface area contributed by atoms with Gasteiger partial charge in [0, 0.05) is 51.0 Å². The van der Waals surface area contributed by atoms with Crippen molar-refractivity contribution in [1.29, 1.82) is 0 Å². The summed E-state index contributed by atoms with van der Waals surface area (Å²) in [6, 6.07) is 13.5. The highest BCUT2D eigenvalue weighted by molar-refractivity contribution is 7.26. The smallest absolute Gasteiger partial charge is 0.272 e. The highest BCUT2D eigenvalue weighted by Gasteiger charge is 2.56. The Labute approximate surface area is 259 Å². The Morgan fingerprint density at radius 3 is 2.56 bits per heavy atom. The molecule has 3 aromatic rings. The lowest BCUT2D eigenvalue weighted by atomic mass is 9.67. The van der Waals surface area contributed by atoms with Gasteiger partial charge in [-0.05, 0) is 60.8 Å². The van der Waals surface area contributed by atoms with Crippen molar-refractivity contribution in [3.63, 3.8) is 0 Å². The van der Waals surface area contributed by atoms with Crippen LogP contribution in [0, 0.1) is 23.2 Å². The van der Waals surface area contributed by atoms with E-state index in [-0.39, 0.29) is 23.8 Å². The average Bonchev–Trinajstić information content (AvgIpc) is 3.45. The fraction of sp³-hybridized carbons (Fsp3) is 0.556. The maximum absolute atomic E-state index is 12.9. The summed E-state index contributed by atoms with van der Waals surface area (Å²) in [5.74, 6) is 1.87. The Morgan fingerprint density at radius 2 is 1.86 bits per heavy atom. The summed E-state index contributed by atoms with van der Waals surface area (Å²) in [7, 11) is 0. The number of primary amides is 1. The number of quaternary nitrogens is 1. The molecule has 6 nitrogen and oxygen atoms in total. The van der Waals surface area contributed by atoms with Crippen molar-refractivity contribution in [3.8, 4) is 5.75 Å². The molecule has 2 N–H and O–H groups in total. The van der Waals surface area contributed by atoms with Gasteiger partial charge in [-0.25, -0.2) is 0 Å². The van der Waals surface area contributed by atoms with Crippen molar-refractivity contribution in [2.45, 2.75) is 72.3 Å². The van der Waals surface area contributed by atoms with Gasteiger partial charge in [0.2, 0.25) is 5.91 Å². The van der Waals surface area contributed by atoms with E-state index in [2.05, 4.69) is 64.1 Å². The van der Waals surface area contributed by atoms with E-state index in [1.165, 1.54) is 63.4 Å². The minimum Gasteiger partial charge on any atom is -0.488 e. The molecule has 1 aromatic heterocycles. The second-order valence-corrected chi connectivity index (χ2v) is 15.5. The number of β-lactam (4-membered cyclic amide) rings is 1. The van der Waals surface area contributed by atoms with Crippen LogP contribution in [-0.4, -0.2) is 60.0 Å². The number of allylic oxidation sites excluding steroid dienone is 1. The van der Waals surface area contributed by atoms with Gasteiger partial charge in [-0.1, -0.05) is 45.0 Å². The Morgan fingerprint density at radius 1 is 1.14 bits per heavy atom. The SMILES string of the molecule is CC1=C(COc2cccc3sc4c(CCCC56CC[N+](CC(N)=O)(CC5)CC6)cccc4c23)[C@H](C)C2C(C(C)C)C(=O)N12. The van der Waals surface area contributed by atoms with Crippen LogP contribution >= 0.6 is 11.3 Å². The first-order valence-electron chi connectivity index (χ1n) is 16.3. The summed E-state index contributed by atoms with van der Waals surface area (Å²) >= 11 is 1.89. The number of benzene rings is 2. The monoisotopic (exact) mass is 600 g/mol. The second kappa shape index (κ2) is 10.6. The molecule has 4 saturated heterocycles. The molecule has 0 radical (unpaired) electrons. The molecule has 2 amide bonds. The van der Waals surface area contributed by atoms with Gasteiger partial charge in [0.25, 0.3) is 5.91 Å². The van der Waals surface area contributed by atoms with Gasteiger partial charge < -0.3 is 19.9 Å². The molecule has 6 heterocycles. The van der Waals surface area contributed by atoms with Crippen molar-refractivity contribution < 1.29 is 18.8 Å². The minimum atomic E-state index is -0.152. The normalized spacial score (nSPS) is 30.0. The Bertz CT molecular complexity index is 1610. The summed E-state index contributed by atoms with van der Waals surface area (Å²) in [4.78, 5) is 26.5. The Kier molecular flexibility index (Phi) is 7.13. The van der Waals surface area contributed by atoms with E-state index < -0.39 is 0 Å². The molecule has 2 bridgehead atoms. The van der Waals surface area contributed by atoms with Gasteiger partial charge in [0.05, 0.1) is 31.6 Å². The fourth-order valence-corrected chi connectivity index (χ4v) is 10.4. The number of ether oxygens (including phenoxy) is 1. The number of thiophene rings is 1. The molecule has 7 heteroatoms. The number of hydrogen-bond acceptors (Lipinski definition) is 4. The molecule has 43 heavy (non-hydrogen) atoms. The summed E-state index contributed by atoms with van der Waals surface area (Å²) in [5.41, 5.74) is 9.82. The topological polar surface area (TPSA) is 72.6 Å². The molecule has 4 fully saturated rings. The van der Waals surface area contributed by atoms with E-state index >= 15 is 0 Å². The third kappa shape index (κ3) is 4.69. The highest BCUT2D eigenvalue weighted by atomic mass is 32.1. The number of hydrogen-bond donors (Lipinski definition) is 1. The summed E-state index contributed by atoms with van der Waals surface area (Å²) in [5, 5.41) is 2.51. The van der Waals surface area contributed by atoms with Crippen LogP contribution in [0.25, 0.3) is 20.2 Å². The number of rotatable bonds is 10. The summed E-state index contributed by atoms with van der Waals surface area (Å²) in [6.07, 6.45) is 7.25. The van der Waals surface area contributed by atoms with Crippen LogP contribution in [-0.2, 0) is 16.0 Å². The van der Waals surface area contributed by atoms with Crippen molar-refractivity contribution >= 4 is 43.3 Å². The zero-order chi connectivity index (χ0) is 30.1. The number of nitrogens with two attached hydrogens (primary N) is 1. The third-order valence-corrected chi connectivity index (χ3v) is 13.0. The largest absolute Gasteiger partial charge is 0.488 e. The van der Waals surface area contributed by atoms with Gasteiger partial charge in [-0.15, -0.1) is 11.3 Å². The van der Waals surface area contributed by atoms with E-state index in [4.69, 9.17) is 10.5 Å². The number of amides is 2. The Hall–Kier alpha value is -2.90. The average molecular weight is 601 g/mol. The van der Waals surface area contributed by atoms with Crippen LogP contribution in [0.3, 0.4) is 0 Å². The van der Waals surface area contributed by atoms with E-state index in [1.807, 2.05) is 16.2 Å². The molecule has 5 aliphatic rings. The summed E-state index contributed by atoms with van der Waals surface area (Å²) < 4.78 is 10.2. The van der Waals surface area contributed by atoms with E-state index in [0.29, 0.717) is 30.4 Å². The van der Waals surface area contributed by atoms with Crippen LogP contribution in [0.4, 0.5) is 0 Å². The lowest BCUT2D eigenvalue weighted by molar-refractivity contribution is -0.938. The van der Waals surface area contributed by atoms with Gasteiger partial charge in [-0.3, -0.25) is 9.59 Å². The van der Waals surface area contributed by atoms with Crippen LogP contribution in [0.1, 0.15) is 65.4 Å². The third-order valence-electron chi connectivity index (χ3n) is 11.7. The van der Waals surface area contributed by atoms with Crippen molar-refractivity contribution in [3.05, 3.63) is 53.2 Å². The van der Waals surface area contributed by atoms with Gasteiger partial charge in [0.15, 0.2) is 6.54 Å². The molecular weight excluding hydrogens is 554 g/mol. The lowest BCUT2D eigenvalue weighted by Crippen LogP contribution is -2.63. The van der Waals surface area contributed by atoms with Crippen molar-refractivity contribution in [2.24, 2.45) is 28.9 Å². The number of nitrogens with zero attached hydrogens (tertiary/aromatic N) is 2. The standard InChI is InChI=1S/C36H45N3O3S/c1-22(2)31-33-23(3)27(24(4)38(33)35(31)41)21-42-28-11-6-12-29-32(28)26-10-5-8-25(34(26)43-29)9-7-13-36-14-17-39(18-15-36,19-16-36)20-30(37)40/h5-6,8,10-12,22-23,31,33H,7,9,13-21H2,1-4H3,(H-,37,40)/p+1/t23-,31?,33?,36?,39?/m0/s1. The molecule has 0 saturated carbocycles. The van der Waals surface area contributed by atoms with E-state index in [1.54, 1.807) is 0 Å². The van der Waals surface area contributed by atoms with Gasteiger partial charge in [0.1, 0.15) is 12.4 Å². The number of aryl methyl sites for hydroxylation is 1. The predicted molar refractivity (Wildman–Crippen MR) is 174 cm³/mol. The quantitative estimate of drug-likeness (QED) is 0.209. The zero-order valence-electron chi connectivity index (χ0n) is 26.2. The van der Waals surface area contributed by atoms with Gasteiger partial charge in [-0.2, -0.15) is 0 Å². The number of piperidine rings is 3. The second-order valence-electron chi connectivity index (χ2n) is 14.4. The molecule has 228 valence electrons. The number of fused-ring (bicyclic) bond motifs is 7. The predicted octanol–water partition coefficient (Wildman–Crippen LogP) is 6.65. The molecule has 8 rings (SSSR count). The first-order valence-corrected chi connectivity index (χ1v) is 17.2. The zero-order valence-corrected chi connectivity index (χ0v) is 27.0. The lowest BCUT2D eigenvalue weighted by Gasteiger charge is -2.54. The molecule has 0 aliphatic carbocycles. The molecular formula is C36H46N3O3S+. The molecule has 5 aliphatic heterocycles. The molecule has 3 atom stereocenters. The van der Waals surface area contributed by atoms with Crippen molar-refractivity contribution in [1.82, 2.24) is 4.90 Å². The Balaban J connectivity index is 1.06. The first-order chi connectivity index (χ1) is 20.6. The molecule has 2 unspecified atom stereocenters. The molecule has 2 aromatic carbocycles. The number of carbonyl (C=O) groups is 2. The number of carbonyl (C=O) groups excluding carboxylic acids is 2. The maximum Gasteiger partial charge on any atom is 0.272 e. The van der Waals surface area contributed by atoms with Crippen LogP contribution in [0.15, 0.2) is 47.7 Å². The van der Waals surface area contributed by atoms with Crippen LogP contribution < -0.4 is 10.5 Å².